The summed E-state index contributed by atoms with van der Waals surface area (Å²) in [6, 6.07) is 56.7. The second kappa shape index (κ2) is 10.9. The van der Waals surface area contributed by atoms with Gasteiger partial charge >= 0.3 is 0 Å². The van der Waals surface area contributed by atoms with Gasteiger partial charge in [-0.3, -0.25) is 0 Å². The largest absolute Gasteiger partial charge is 0.309 e. The molecule has 222 valence electrons. The van der Waals surface area contributed by atoms with Crippen molar-refractivity contribution in [3.63, 3.8) is 0 Å². The number of benzene rings is 7. The molecule has 0 aliphatic rings. The number of para-hydroxylation sites is 4. The van der Waals surface area contributed by atoms with Crippen LogP contribution in [0.2, 0.25) is 0 Å². The van der Waals surface area contributed by atoms with Gasteiger partial charge in [0.05, 0.1) is 45.6 Å². The average Bonchev–Trinajstić information content (AvgIpc) is 3.67. The molecule has 0 fully saturated rings. The number of nitrogens with zero attached hydrogens (tertiary/aromatic N) is 4. The standard InChI is InChI=1S/C44H26N4/c1-46-31-24-25-44-37(27-31)36-17-5-9-22-42(36)47(44)39-19-6-2-14-33(39)30-13-10-12-29(26-30)32-18-11-23-43(38(32)28-45)48-40-20-7-3-15-34(40)35-16-4-8-21-41(35)48/h2-27H. The van der Waals surface area contributed by atoms with E-state index < -0.39 is 0 Å². The van der Waals surface area contributed by atoms with Crippen molar-refractivity contribution < 1.29 is 0 Å². The molecule has 4 heteroatoms. The topological polar surface area (TPSA) is 38.0 Å². The van der Waals surface area contributed by atoms with E-state index in [0.29, 0.717) is 11.3 Å². The average molecular weight is 611 g/mol. The molecule has 0 unspecified atom stereocenters. The summed E-state index contributed by atoms with van der Waals surface area (Å²) in [6.07, 6.45) is 0. The van der Waals surface area contributed by atoms with E-state index in [1.807, 2.05) is 36.4 Å². The van der Waals surface area contributed by atoms with Gasteiger partial charge in [-0.05, 0) is 65.0 Å². The third kappa shape index (κ3) is 4.07. The fourth-order valence-corrected chi connectivity index (χ4v) is 7.32. The minimum atomic E-state index is 0.628. The molecule has 0 radical (unpaired) electrons. The predicted molar refractivity (Wildman–Crippen MR) is 197 cm³/mol. The maximum Gasteiger partial charge on any atom is 0.188 e. The summed E-state index contributed by atoms with van der Waals surface area (Å²) in [5, 5.41) is 15.2. The fraction of sp³-hybridized carbons (Fsp3) is 0. The highest BCUT2D eigenvalue weighted by atomic mass is 15.0. The summed E-state index contributed by atoms with van der Waals surface area (Å²) < 4.78 is 4.51. The lowest BCUT2D eigenvalue weighted by molar-refractivity contribution is 1.17. The third-order valence-corrected chi connectivity index (χ3v) is 9.39. The van der Waals surface area contributed by atoms with E-state index in [-0.39, 0.29) is 0 Å². The van der Waals surface area contributed by atoms with Crippen LogP contribution in [0, 0.1) is 17.9 Å². The molecule has 2 heterocycles. The van der Waals surface area contributed by atoms with E-state index in [0.717, 1.165) is 77.2 Å². The zero-order valence-electron chi connectivity index (χ0n) is 25.8. The molecule has 0 saturated carbocycles. The smallest absolute Gasteiger partial charge is 0.188 e. The number of nitriles is 1. The summed E-state index contributed by atoms with van der Waals surface area (Å²) >= 11 is 0. The predicted octanol–water partition coefficient (Wildman–Crippen LogP) is 11.6. The Kier molecular flexibility index (Phi) is 6.22. The van der Waals surface area contributed by atoms with Crippen molar-refractivity contribution >= 4 is 49.3 Å². The van der Waals surface area contributed by atoms with Crippen molar-refractivity contribution in [2.45, 2.75) is 0 Å². The highest BCUT2D eigenvalue weighted by Crippen LogP contribution is 2.40. The molecule has 0 amide bonds. The molecule has 9 rings (SSSR count). The number of fused-ring (bicyclic) bond motifs is 6. The Hall–Kier alpha value is -6.88. The normalized spacial score (nSPS) is 11.3. The van der Waals surface area contributed by atoms with Gasteiger partial charge in [0.2, 0.25) is 0 Å². The summed E-state index contributed by atoms with van der Waals surface area (Å²) in [7, 11) is 0. The van der Waals surface area contributed by atoms with Gasteiger partial charge in [-0.2, -0.15) is 5.26 Å². The van der Waals surface area contributed by atoms with Crippen molar-refractivity contribution in [1.82, 2.24) is 9.13 Å². The Bertz CT molecular complexity index is 2760. The molecule has 0 bridgehead atoms. The highest BCUT2D eigenvalue weighted by Gasteiger charge is 2.19. The Morgan fingerprint density at radius 3 is 1.62 bits per heavy atom. The maximum atomic E-state index is 10.7. The summed E-state index contributed by atoms with van der Waals surface area (Å²) in [4.78, 5) is 3.70. The van der Waals surface area contributed by atoms with Crippen molar-refractivity contribution in [1.29, 1.82) is 5.26 Å². The minimum absolute atomic E-state index is 0.628. The summed E-state index contributed by atoms with van der Waals surface area (Å²) in [6.45, 7) is 7.59. The van der Waals surface area contributed by atoms with E-state index in [2.05, 4.69) is 141 Å². The van der Waals surface area contributed by atoms with E-state index in [4.69, 9.17) is 6.57 Å². The summed E-state index contributed by atoms with van der Waals surface area (Å²) in [5.41, 5.74) is 11.5. The zero-order valence-corrected chi connectivity index (χ0v) is 25.8. The van der Waals surface area contributed by atoms with Gasteiger partial charge in [0.1, 0.15) is 6.07 Å². The first-order valence-electron chi connectivity index (χ1n) is 15.9. The van der Waals surface area contributed by atoms with Crippen molar-refractivity contribution in [2.75, 3.05) is 0 Å². The molecule has 0 aliphatic carbocycles. The molecule has 0 saturated heterocycles. The Morgan fingerprint density at radius 2 is 0.958 bits per heavy atom. The highest BCUT2D eigenvalue weighted by molar-refractivity contribution is 6.11. The van der Waals surface area contributed by atoms with Gasteiger partial charge in [0.25, 0.3) is 0 Å². The van der Waals surface area contributed by atoms with Crippen molar-refractivity contribution in [3.8, 4) is 39.7 Å². The van der Waals surface area contributed by atoms with Crippen LogP contribution in [-0.4, -0.2) is 9.13 Å². The van der Waals surface area contributed by atoms with Gasteiger partial charge < -0.3 is 9.13 Å². The molecule has 0 N–H and O–H groups in total. The number of rotatable bonds is 4. The summed E-state index contributed by atoms with van der Waals surface area (Å²) in [5.74, 6) is 0. The van der Waals surface area contributed by atoms with E-state index in [1.54, 1.807) is 0 Å². The van der Waals surface area contributed by atoms with Crippen LogP contribution in [0.3, 0.4) is 0 Å². The monoisotopic (exact) mass is 610 g/mol. The first kappa shape index (κ1) is 27.4. The van der Waals surface area contributed by atoms with Gasteiger partial charge in [0.15, 0.2) is 5.69 Å². The molecule has 9 aromatic rings. The van der Waals surface area contributed by atoms with Crippen LogP contribution in [0.15, 0.2) is 158 Å². The van der Waals surface area contributed by atoms with Gasteiger partial charge in [-0.15, -0.1) is 0 Å². The van der Waals surface area contributed by atoms with Gasteiger partial charge in [0, 0.05) is 27.3 Å². The van der Waals surface area contributed by atoms with Crippen LogP contribution < -0.4 is 0 Å². The van der Waals surface area contributed by atoms with Gasteiger partial charge in [-0.1, -0.05) is 109 Å². The molecule has 48 heavy (non-hydrogen) atoms. The second-order valence-corrected chi connectivity index (χ2v) is 11.9. The van der Waals surface area contributed by atoms with Crippen LogP contribution in [-0.2, 0) is 0 Å². The van der Waals surface area contributed by atoms with E-state index in [1.165, 1.54) is 0 Å². The van der Waals surface area contributed by atoms with Crippen LogP contribution in [0.4, 0.5) is 5.69 Å². The minimum Gasteiger partial charge on any atom is -0.309 e. The molecule has 4 nitrogen and oxygen atoms in total. The number of hydrogen-bond donors (Lipinski definition) is 0. The lowest BCUT2D eigenvalue weighted by atomic mass is 9.94. The van der Waals surface area contributed by atoms with Gasteiger partial charge in [-0.25, -0.2) is 4.85 Å². The number of hydrogen-bond acceptors (Lipinski definition) is 1. The third-order valence-electron chi connectivity index (χ3n) is 9.39. The lowest BCUT2D eigenvalue weighted by Crippen LogP contribution is -2.00. The molecule has 0 aliphatic heterocycles. The first-order valence-corrected chi connectivity index (χ1v) is 15.9. The van der Waals surface area contributed by atoms with Crippen LogP contribution in [0.5, 0.6) is 0 Å². The quantitative estimate of drug-likeness (QED) is 0.183. The van der Waals surface area contributed by atoms with Crippen molar-refractivity contribution in [2.24, 2.45) is 0 Å². The van der Waals surface area contributed by atoms with Crippen molar-refractivity contribution in [3.05, 3.63) is 175 Å². The molecule has 0 atom stereocenters. The maximum absolute atomic E-state index is 10.7. The van der Waals surface area contributed by atoms with E-state index >= 15 is 0 Å². The fourth-order valence-electron chi connectivity index (χ4n) is 7.32. The Labute approximate surface area is 277 Å². The second-order valence-electron chi connectivity index (χ2n) is 11.9. The first-order chi connectivity index (χ1) is 23.7. The Balaban J connectivity index is 1.24. The molecule has 2 aromatic heterocycles. The van der Waals surface area contributed by atoms with Crippen LogP contribution in [0.25, 0.3) is 82.1 Å². The molecule has 7 aromatic carbocycles. The Morgan fingerprint density at radius 1 is 0.458 bits per heavy atom. The van der Waals surface area contributed by atoms with Crippen LogP contribution >= 0.6 is 0 Å². The SMILES string of the molecule is [C-]#[N+]c1ccc2c(c1)c1ccccc1n2-c1ccccc1-c1cccc(-c2cccc(-n3c4ccccc4c4ccccc43)c2C#N)c1. The van der Waals surface area contributed by atoms with Crippen LogP contribution in [0.1, 0.15) is 5.56 Å². The molecular weight excluding hydrogens is 585 g/mol. The lowest BCUT2D eigenvalue weighted by Gasteiger charge is -2.16. The molecule has 0 spiro atoms. The zero-order chi connectivity index (χ0) is 32.2. The van der Waals surface area contributed by atoms with E-state index in [9.17, 15) is 5.26 Å². The molecular formula is C44H26N4. The number of aromatic nitrogens is 2.